The van der Waals surface area contributed by atoms with Crippen LogP contribution in [0.3, 0.4) is 0 Å². The molecule has 80 valence electrons. The first kappa shape index (κ1) is 9.89. The molecule has 0 amide bonds. The van der Waals surface area contributed by atoms with E-state index in [9.17, 15) is 0 Å². The van der Waals surface area contributed by atoms with Crippen LogP contribution >= 0.6 is 0 Å². The summed E-state index contributed by atoms with van der Waals surface area (Å²) in [5, 5.41) is 5.33. The van der Waals surface area contributed by atoms with Crippen LogP contribution in [0.2, 0.25) is 0 Å². The van der Waals surface area contributed by atoms with Crippen molar-refractivity contribution in [2.45, 2.75) is 33.2 Å². The maximum absolute atomic E-state index is 5.81. The van der Waals surface area contributed by atoms with Gasteiger partial charge in [0, 0.05) is 0 Å². The third-order valence-corrected chi connectivity index (χ3v) is 2.70. The molecule has 0 aliphatic rings. The van der Waals surface area contributed by atoms with E-state index in [-0.39, 0.29) is 0 Å². The fourth-order valence-corrected chi connectivity index (χ4v) is 1.65. The van der Waals surface area contributed by atoms with Gasteiger partial charge in [-0.25, -0.2) is 14.6 Å². The molecule has 1 unspecified atom stereocenters. The highest BCUT2D eigenvalue weighted by molar-refractivity contribution is 5.87. The van der Waals surface area contributed by atoms with Gasteiger partial charge in [0.1, 0.15) is 12.1 Å². The second-order valence-electron chi connectivity index (χ2n) is 3.74. The molecule has 0 saturated carbocycles. The van der Waals surface area contributed by atoms with Gasteiger partial charge in [0.05, 0.1) is 17.1 Å². The second-order valence-corrected chi connectivity index (χ2v) is 3.74. The number of nitrogens with zero attached hydrogens (tertiary/aromatic N) is 4. The van der Waals surface area contributed by atoms with Crippen molar-refractivity contribution in [2.24, 2.45) is 0 Å². The molecule has 2 N–H and O–H groups in total. The number of aromatic nitrogens is 4. The average Bonchev–Trinajstić information content (AvgIpc) is 2.56. The summed E-state index contributed by atoms with van der Waals surface area (Å²) in [6.45, 7) is 6.17. The third-order valence-electron chi connectivity index (χ3n) is 2.70. The minimum atomic E-state index is 0.329. The summed E-state index contributed by atoms with van der Waals surface area (Å²) in [4.78, 5) is 8.22. The molecule has 0 aliphatic heterocycles. The standard InChI is InChI=1S/C10H15N5/c1-4-6(2)15-10-8(7(3)14-15)9(11)12-5-13-10/h5-6H,4H2,1-3H3,(H2,11,12,13). The van der Waals surface area contributed by atoms with E-state index in [1.54, 1.807) is 0 Å². The van der Waals surface area contributed by atoms with Gasteiger partial charge in [0.25, 0.3) is 0 Å². The monoisotopic (exact) mass is 205 g/mol. The molecule has 0 spiro atoms. The van der Waals surface area contributed by atoms with Gasteiger partial charge < -0.3 is 5.73 Å². The zero-order chi connectivity index (χ0) is 11.0. The molecule has 15 heavy (non-hydrogen) atoms. The zero-order valence-electron chi connectivity index (χ0n) is 9.23. The Bertz CT molecular complexity index is 488. The number of nitrogen functional groups attached to an aromatic ring is 1. The van der Waals surface area contributed by atoms with Gasteiger partial charge >= 0.3 is 0 Å². The van der Waals surface area contributed by atoms with E-state index in [1.165, 1.54) is 6.33 Å². The maximum Gasteiger partial charge on any atom is 0.163 e. The molecule has 0 fully saturated rings. The van der Waals surface area contributed by atoms with Crippen molar-refractivity contribution in [1.82, 2.24) is 19.7 Å². The van der Waals surface area contributed by atoms with E-state index >= 15 is 0 Å². The number of aryl methyl sites for hydroxylation is 1. The number of hydrogen-bond donors (Lipinski definition) is 1. The topological polar surface area (TPSA) is 69.6 Å². The van der Waals surface area contributed by atoms with Crippen LogP contribution in [0.1, 0.15) is 32.0 Å². The Balaban J connectivity index is 2.73. The lowest BCUT2D eigenvalue weighted by Crippen LogP contribution is -2.06. The first-order chi connectivity index (χ1) is 7.15. The van der Waals surface area contributed by atoms with Crippen molar-refractivity contribution in [3.63, 3.8) is 0 Å². The van der Waals surface area contributed by atoms with Crippen molar-refractivity contribution in [1.29, 1.82) is 0 Å². The van der Waals surface area contributed by atoms with E-state index in [4.69, 9.17) is 5.73 Å². The Morgan fingerprint density at radius 1 is 1.47 bits per heavy atom. The normalized spacial score (nSPS) is 13.3. The Morgan fingerprint density at radius 2 is 2.20 bits per heavy atom. The minimum absolute atomic E-state index is 0.329. The lowest BCUT2D eigenvalue weighted by Gasteiger charge is -2.09. The van der Waals surface area contributed by atoms with Crippen LogP contribution in [0.25, 0.3) is 11.0 Å². The highest BCUT2D eigenvalue weighted by atomic mass is 15.3. The van der Waals surface area contributed by atoms with Crippen LogP contribution in [-0.2, 0) is 0 Å². The quantitative estimate of drug-likeness (QED) is 0.809. The minimum Gasteiger partial charge on any atom is -0.383 e. The van der Waals surface area contributed by atoms with Gasteiger partial charge in [-0.05, 0) is 20.3 Å². The van der Waals surface area contributed by atoms with Crippen LogP contribution < -0.4 is 5.73 Å². The number of nitrogens with two attached hydrogens (primary N) is 1. The summed E-state index contributed by atoms with van der Waals surface area (Å²) in [7, 11) is 0. The number of anilines is 1. The summed E-state index contributed by atoms with van der Waals surface area (Å²) in [6.07, 6.45) is 2.50. The van der Waals surface area contributed by atoms with Gasteiger partial charge in [-0.1, -0.05) is 6.92 Å². The van der Waals surface area contributed by atoms with Crippen LogP contribution in [0.15, 0.2) is 6.33 Å². The van der Waals surface area contributed by atoms with Crippen molar-refractivity contribution in [3.8, 4) is 0 Å². The summed E-state index contributed by atoms with van der Waals surface area (Å²) in [5.41, 5.74) is 7.53. The molecule has 0 aliphatic carbocycles. The molecule has 5 heteroatoms. The van der Waals surface area contributed by atoms with E-state index < -0.39 is 0 Å². The predicted octanol–water partition coefficient (Wildman–Crippen LogP) is 1.69. The summed E-state index contributed by atoms with van der Waals surface area (Å²) in [5.74, 6) is 0.507. The van der Waals surface area contributed by atoms with Gasteiger partial charge in [-0.2, -0.15) is 5.10 Å². The Labute approximate surface area is 88.3 Å². The molecule has 2 rings (SSSR count). The van der Waals surface area contributed by atoms with Crippen molar-refractivity contribution >= 4 is 16.9 Å². The molecule has 0 bridgehead atoms. The molecule has 2 aromatic rings. The summed E-state index contributed by atoms with van der Waals surface area (Å²) < 4.78 is 1.92. The Morgan fingerprint density at radius 3 is 2.87 bits per heavy atom. The van der Waals surface area contributed by atoms with Crippen molar-refractivity contribution in [3.05, 3.63) is 12.0 Å². The number of hydrogen-bond acceptors (Lipinski definition) is 4. The highest BCUT2D eigenvalue weighted by Crippen LogP contribution is 2.23. The van der Waals surface area contributed by atoms with E-state index in [1.807, 2.05) is 11.6 Å². The first-order valence-corrected chi connectivity index (χ1v) is 5.10. The molecule has 0 radical (unpaired) electrons. The maximum atomic E-state index is 5.81. The van der Waals surface area contributed by atoms with Gasteiger partial charge in [0.15, 0.2) is 5.65 Å². The van der Waals surface area contributed by atoms with Gasteiger partial charge in [0.2, 0.25) is 0 Å². The Hall–Kier alpha value is -1.65. The van der Waals surface area contributed by atoms with E-state index in [0.717, 1.165) is 23.1 Å². The van der Waals surface area contributed by atoms with Crippen LogP contribution in [0, 0.1) is 6.92 Å². The van der Waals surface area contributed by atoms with Crippen LogP contribution in [-0.4, -0.2) is 19.7 Å². The fourth-order valence-electron chi connectivity index (χ4n) is 1.65. The molecule has 5 nitrogen and oxygen atoms in total. The zero-order valence-corrected chi connectivity index (χ0v) is 9.23. The smallest absolute Gasteiger partial charge is 0.163 e. The van der Waals surface area contributed by atoms with Crippen LogP contribution in [0.5, 0.6) is 0 Å². The van der Waals surface area contributed by atoms with Gasteiger partial charge in [-0.3, -0.25) is 0 Å². The fraction of sp³-hybridized carbons (Fsp3) is 0.500. The number of rotatable bonds is 2. The van der Waals surface area contributed by atoms with Crippen molar-refractivity contribution < 1.29 is 0 Å². The lowest BCUT2D eigenvalue weighted by molar-refractivity contribution is 0.487. The molecule has 2 aromatic heterocycles. The average molecular weight is 205 g/mol. The molecule has 0 aromatic carbocycles. The van der Waals surface area contributed by atoms with E-state index in [0.29, 0.717) is 11.9 Å². The molecular weight excluding hydrogens is 190 g/mol. The van der Waals surface area contributed by atoms with Gasteiger partial charge in [-0.15, -0.1) is 0 Å². The lowest BCUT2D eigenvalue weighted by atomic mass is 10.2. The molecule has 2 heterocycles. The summed E-state index contributed by atoms with van der Waals surface area (Å²) in [6, 6.07) is 0.329. The molecule has 0 saturated heterocycles. The molecule has 1 atom stereocenters. The van der Waals surface area contributed by atoms with E-state index in [2.05, 4.69) is 28.9 Å². The second kappa shape index (κ2) is 3.49. The SMILES string of the molecule is CCC(C)n1nc(C)c2c(N)ncnc21. The molecular formula is C10H15N5. The largest absolute Gasteiger partial charge is 0.383 e. The summed E-state index contributed by atoms with van der Waals surface area (Å²) >= 11 is 0. The van der Waals surface area contributed by atoms with Crippen LogP contribution in [0.4, 0.5) is 5.82 Å². The first-order valence-electron chi connectivity index (χ1n) is 5.10. The predicted molar refractivity (Wildman–Crippen MR) is 59.5 cm³/mol. The third kappa shape index (κ3) is 1.44. The Kier molecular flexibility index (Phi) is 2.30. The highest BCUT2D eigenvalue weighted by Gasteiger charge is 2.14. The van der Waals surface area contributed by atoms with Crippen molar-refractivity contribution in [2.75, 3.05) is 5.73 Å². The number of fused-ring (bicyclic) bond motifs is 1.